The van der Waals surface area contributed by atoms with E-state index >= 15 is 0 Å². The monoisotopic (exact) mass is 351 g/mol. The molecule has 0 atom stereocenters. The van der Waals surface area contributed by atoms with Crippen LogP contribution in [0.15, 0.2) is 35.2 Å². The van der Waals surface area contributed by atoms with Gasteiger partial charge in [0.05, 0.1) is 11.3 Å². The number of nitriles is 1. The molecule has 0 aliphatic heterocycles. The number of nitrogens with zero attached hydrogens (tertiary/aromatic N) is 2. The first kappa shape index (κ1) is 17.4. The first-order chi connectivity index (χ1) is 12.1. The number of amides is 1. The van der Waals surface area contributed by atoms with Crippen molar-refractivity contribution in [3.05, 3.63) is 40.2 Å². The van der Waals surface area contributed by atoms with Gasteiger partial charge in [-0.15, -0.1) is 11.3 Å². The van der Waals surface area contributed by atoms with Crippen molar-refractivity contribution in [2.75, 3.05) is 5.32 Å². The molecular formula is C20H21N3OS. The summed E-state index contributed by atoms with van der Waals surface area (Å²) in [6.07, 6.45) is 4.37. The van der Waals surface area contributed by atoms with E-state index in [9.17, 15) is 10.1 Å². The Morgan fingerprint density at radius 3 is 2.52 bits per heavy atom. The standard InChI is InChI=1S/C20H21N3OS/c1-13(2)19(24)22-16-9-7-15(8-10-16)18-12-25-20(23-18)17(11-21)14-5-3-4-6-14/h7-10,12-13H,3-6H2,1-2H3,(H,22,24). The van der Waals surface area contributed by atoms with Crippen molar-refractivity contribution >= 4 is 28.5 Å². The number of hydrogen-bond donors (Lipinski definition) is 1. The van der Waals surface area contributed by atoms with Crippen LogP contribution in [0.3, 0.4) is 0 Å². The summed E-state index contributed by atoms with van der Waals surface area (Å²) in [5, 5.41) is 15.2. The average molecular weight is 351 g/mol. The van der Waals surface area contributed by atoms with E-state index in [1.807, 2.05) is 43.5 Å². The number of anilines is 1. The van der Waals surface area contributed by atoms with Gasteiger partial charge in [-0.1, -0.05) is 26.0 Å². The Balaban J connectivity index is 1.80. The Hall–Kier alpha value is -2.45. The molecule has 0 radical (unpaired) electrons. The quantitative estimate of drug-likeness (QED) is 0.765. The molecule has 1 aromatic heterocycles. The highest BCUT2D eigenvalue weighted by Crippen LogP contribution is 2.34. The number of carbonyl (C=O) groups excluding carboxylic acids is 1. The molecule has 3 rings (SSSR count). The molecule has 0 saturated heterocycles. The highest BCUT2D eigenvalue weighted by molar-refractivity contribution is 7.11. The third-order valence-corrected chi connectivity index (χ3v) is 5.22. The van der Waals surface area contributed by atoms with Gasteiger partial charge in [0, 0.05) is 22.5 Å². The maximum atomic E-state index is 11.7. The normalized spacial score (nSPS) is 13.8. The topological polar surface area (TPSA) is 65.8 Å². The largest absolute Gasteiger partial charge is 0.326 e. The van der Waals surface area contributed by atoms with Gasteiger partial charge in [-0.2, -0.15) is 5.26 Å². The lowest BCUT2D eigenvalue weighted by Gasteiger charge is -2.07. The molecule has 1 aromatic carbocycles. The minimum absolute atomic E-state index is 0.00513. The molecule has 5 heteroatoms. The highest BCUT2D eigenvalue weighted by atomic mass is 32.1. The van der Waals surface area contributed by atoms with Gasteiger partial charge >= 0.3 is 0 Å². The summed E-state index contributed by atoms with van der Waals surface area (Å²) in [4.78, 5) is 16.4. The summed E-state index contributed by atoms with van der Waals surface area (Å²) in [5.41, 5.74) is 4.64. The van der Waals surface area contributed by atoms with Gasteiger partial charge in [0.2, 0.25) is 5.91 Å². The Labute approximate surface area is 152 Å². The molecule has 1 amide bonds. The van der Waals surface area contributed by atoms with Gasteiger partial charge in [-0.05, 0) is 43.4 Å². The fourth-order valence-electron chi connectivity index (χ4n) is 2.86. The van der Waals surface area contributed by atoms with E-state index in [-0.39, 0.29) is 11.8 Å². The van der Waals surface area contributed by atoms with E-state index in [4.69, 9.17) is 0 Å². The molecule has 1 aliphatic rings. The lowest BCUT2D eigenvalue weighted by molar-refractivity contribution is -0.118. The van der Waals surface area contributed by atoms with Crippen LogP contribution in [0.5, 0.6) is 0 Å². The first-order valence-electron chi connectivity index (χ1n) is 8.58. The molecule has 1 heterocycles. The van der Waals surface area contributed by atoms with E-state index in [1.165, 1.54) is 29.8 Å². The van der Waals surface area contributed by atoms with Crippen LogP contribution in [-0.2, 0) is 4.79 Å². The predicted molar refractivity (Wildman–Crippen MR) is 102 cm³/mol. The summed E-state index contributed by atoms with van der Waals surface area (Å²) in [5.74, 6) is -0.0423. The number of allylic oxidation sites excluding steroid dienone is 2. The Morgan fingerprint density at radius 1 is 1.24 bits per heavy atom. The summed E-state index contributed by atoms with van der Waals surface area (Å²) in [6, 6.07) is 10.0. The molecule has 1 N–H and O–H groups in total. The van der Waals surface area contributed by atoms with Gasteiger partial charge in [0.15, 0.2) is 0 Å². The van der Waals surface area contributed by atoms with Crippen molar-refractivity contribution in [3.8, 4) is 17.3 Å². The van der Waals surface area contributed by atoms with E-state index in [0.29, 0.717) is 0 Å². The second kappa shape index (κ2) is 7.62. The fourth-order valence-corrected chi connectivity index (χ4v) is 3.73. The molecule has 1 fully saturated rings. The molecule has 2 aromatic rings. The predicted octanol–water partition coefficient (Wildman–Crippen LogP) is 5.26. The van der Waals surface area contributed by atoms with E-state index in [1.54, 1.807) is 0 Å². The van der Waals surface area contributed by atoms with Crippen LogP contribution in [0, 0.1) is 17.2 Å². The number of thiazole rings is 1. The number of hydrogen-bond acceptors (Lipinski definition) is 4. The second-order valence-corrected chi connectivity index (χ2v) is 7.41. The van der Waals surface area contributed by atoms with Crippen molar-refractivity contribution in [2.45, 2.75) is 39.5 Å². The van der Waals surface area contributed by atoms with E-state index in [2.05, 4.69) is 16.4 Å². The van der Waals surface area contributed by atoms with Crippen LogP contribution >= 0.6 is 11.3 Å². The number of aromatic nitrogens is 1. The van der Waals surface area contributed by atoms with E-state index in [0.717, 1.165) is 40.4 Å². The maximum Gasteiger partial charge on any atom is 0.226 e. The third-order valence-electron chi connectivity index (χ3n) is 4.36. The Bertz CT molecular complexity index is 833. The van der Waals surface area contributed by atoms with Gasteiger partial charge in [0.25, 0.3) is 0 Å². The van der Waals surface area contributed by atoms with Crippen LogP contribution in [0.1, 0.15) is 44.5 Å². The van der Waals surface area contributed by atoms with Gasteiger partial charge in [-0.25, -0.2) is 4.98 Å². The summed E-state index contributed by atoms with van der Waals surface area (Å²) < 4.78 is 0. The molecule has 1 aliphatic carbocycles. The van der Waals surface area contributed by atoms with E-state index < -0.39 is 0 Å². The lowest BCUT2D eigenvalue weighted by Crippen LogP contribution is -2.17. The fraction of sp³-hybridized carbons (Fsp3) is 0.350. The Morgan fingerprint density at radius 2 is 1.92 bits per heavy atom. The maximum absolute atomic E-state index is 11.7. The van der Waals surface area contributed by atoms with Crippen LogP contribution in [0.4, 0.5) is 5.69 Å². The zero-order valence-corrected chi connectivity index (χ0v) is 15.3. The van der Waals surface area contributed by atoms with Crippen LogP contribution in [0.2, 0.25) is 0 Å². The highest BCUT2D eigenvalue weighted by Gasteiger charge is 2.17. The number of carbonyl (C=O) groups is 1. The molecule has 0 unspecified atom stereocenters. The molecule has 0 bridgehead atoms. The van der Waals surface area contributed by atoms with Gasteiger partial charge < -0.3 is 5.32 Å². The van der Waals surface area contributed by atoms with Crippen molar-refractivity contribution in [3.63, 3.8) is 0 Å². The smallest absolute Gasteiger partial charge is 0.226 e. The summed E-state index contributed by atoms with van der Waals surface area (Å²) in [7, 11) is 0. The summed E-state index contributed by atoms with van der Waals surface area (Å²) >= 11 is 1.52. The van der Waals surface area contributed by atoms with Crippen molar-refractivity contribution in [1.82, 2.24) is 4.98 Å². The van der Waals surface area contributed by atoms with Crippen molar-refractivity contribution in [2.24, 2.45) is 5.92 Å². The van der Waals surface area contributed by atoms with Crippen LogP contribution in [0.25, 0.3) is 16.8 Å². The SMILES string of the molecule is CC(C)C(=O)Nc1ccc(-c2csc(C(C#N)=C3CCCC3)n2)cc1. The third kappa shape index (κ3) is 3.97. The van der Waals surface area contributed by atoms with Gasteiger partial charge in [-0.3, -0.25) is 4.79 Å². The molecule has 4 nitrogen and oxygen atoms in total. The zero-order chi connectivity index (χ0) is 17.8. The van der Waals surface area contributed by atoms with Crippen LogP contribution in [-0.4, -0.2) is 10.9 Å². The number of benzene rings is 1. The second-order valence-electron chi connectivity index (χ2n) is 6.56. The zero-order valence-electron chi connectivity index (χ0n) is 14.5. The van der Waals surface area contributed by atoms with Crippen LogP contribution < -0.4 is 5.32 Å². The summed E-state index contributed by atoms with van der Waals surface area (Å²) in [6.45, 7) is 3.73. The first-order valence-corrected chi connectivity index (χ1v) is 9.45. The molecular weight excluding hydrogens is 330 g/mol. The minimum Gasteiger partial charge on any atom is -0.326 e. The number of nitrogens with one attached hydrogen (secondary N) is 1. The average Bonchev–Trinajstić information content (AvgIpc) is 3.29. The number of rotatable bonds is 4. The minimum atomic E-state index is -0.0474. The van der Waals surface area contributed by atoms with Crippen molar-refractivity contribution < 1.29 is 4.79 Å². The molecule has 1 saturated carbocycles. The Kier molecular flexibility index (Phi) is 5.30. The molecule has 25 heavy (non-hydrogen) atoms. The van der Waals surface area contributed by atoms with Crippen molar-refractivity contribution in [1.29, 1.82) is 5.26 Å². The molecule has 0 spiro atoms. The molecule has 128 valence electrons. The lowest BCUT2D eigenvalue weighted by atomic mass is 10.1. The van der Waals surface area contributed by atoms with Gasteiger partial charge in [0.1, 0.15) is 11.1 Å².